The summed E-state index contributed by atoms with van der Waals surface area (Å²) in [5, 5.41) is 3.72. The quantitative estimate of drug-likeness (QED) is 0.920. The van der Waals surface area contributed by atoms with Crippen molar-refractivity contribution in [2.75, 3.05) is 11.9 Å². The lowest BCUT2D eigenvalue weighted by molar-refractivity contribution is 0.257. The fourth-order valence-corrected chi connectivity index (χ4v) is 3.79. The van der Waals surface area contributed by atoms with Gasteiger partial charge in [-0.1, -0.05) is 12.1 Å². The summed E-state index contributed by atoms with van der Waals surface area (Å²) < 4.78 is 2.18. The molecule has 0 unspecified atom stereocenters. The molecule has 2 atom stereocenters. The topological polar surface area (TPSA) is 33.1 Å². The first-order chi connectivity index (χ1) is 11.2. The van der Waals surface area contributed by atoms with Gasteiger partial charge in [0.1, 0.15) is 5.82 Å². The van der Waals surface area contributed by atoms with Crippen LogP contribution >= 0.6 is 0 Å². The lowest BCUT2D eigenvalue weighted by Gasteiger charge is -2.20. The maximum atomic E-state index is 4.28. The highest BCUT2D eigenvalue weighted by atomic mass is 15.3. The van der Waals surface area contributed by atoms with E-state index in [0.29, 0.717) is 6.04 Å². The minimum Gasteiger partial charge on any atom is -0.381 e. The van der Waals surface area contributed by atoms with E-state index in [9.17, 15) is 0 Å². The summed E-state index contributed by atoms with van der Waals surface area (Å²) in [6.07, 6.45) is 7.96. The number of rotatable bonds is 5. The molecule has 1 N–H and O–H groups in total. The number of nitrogens with zero attached hydrogens (tertiary/aromatic N) is 3. The number of hydrogen-bond donors (Lipinski definition) is 1. The monoisotopic (exact) mass is 310 g/mol. The van der Waals surface area contributed by atoms with E-state index in [0.717, 1.165) is 24.5 Å². The van der Waals surface area contributed by atoms with E-state index in [1.54, 1.807) is 0 Å². The maximum Gasteiger partial charge on any atom is 0.105 e. The molecule has 2 fully saturated rings. The van der Waals surface area contributed by atoms with Gasteiger partial charge in [-0.25, -0.2) is 4.98 Å². The molecule has 0 amide bonds. The van der Waals surface area contributed by atoms with E-state index >= 15 is 0 Å². The van der Waals surface area contributed by atoms with Gasteiger partial charge in [0, 0.05) is 49.3 Å². The molecule has 0 radical (unpaired) electrons. The number of benzene rings is 1. The molecular formula is C19H26N4. The van der Waals surface area contributed by atoms with Crippen molar-refractivity contribution in [2.24, 2.45) is 0 Å². The third-order valence-corrected chi connectivity index (χ3v) is 5.24. The Bertz CT molecular complexity index is 656. The lowest BCUT2D eigenvalue weighted by atomic mass is 10.1. The molecule has 4 rings (SSSR count). The Morgan fingerprint density at radius 1 is 1.22 bits per heavy atom. The highest BCUT2D eigenvalue weighted by Gasteiger charge is 2.38. The van der Waals surface area contributed by atoms with Crippen molar-refractivity contribution in [3.05, 3.63) is 48.0 Å². The van der Waals surface area contributed by atoms with Crippen LogP contribution in [-0.4, -0.2) is 39.1 Å². The van der Waals surface area contributed by atoms with Crippen LogP contribution < -0.4 is 5.32 Å². The standard InChI is InChI=1S/C19H26N4/c1-14-11-18(13-23(14)19-7-8-19)21-17-5-3-16(4-6-17)12-22-10-9-20-15(22)2/h3-6,9-10,14,18-19,21H,7-8,11-13H2,1-2H3/t14-,18+/m1/s1. The molecule has 1 saturated carbocycles. The number of aromatic nitrogens is 2. The van der Waals surface area contributed by atoms with Crippen molar-refractivity contribution in [1.29, 1.82) is 0 Å². The molecule has 0 bridgehead atoms. The number of likely N-dealkylation sites (tertiary alicyclic amines) is 1. The third-order valence-electron chi connectivity index (χ3n) is 5.24. The summed E-state index contributed by atoms with van der Waals surface area (Å²) in [5.41, 5.74) is 2.56. The number of imidazole rings is 1. The van der Waals surface area contributed by atoms with Crippen molar-refractivity contribution in [3.63, 3.8) is 0 Å². The van der Waals surface area contributed by atoms with Crippen LogP contribution in [0.25, 0.3) is 0 Å². The summed E-state index contributed by atoms with van der Waals surface area (Å²) >= 11 is 0. The Morgan fingerprint density at radius 2 is 2.00 bits per heavy atom. The number of nitrogens with one attached hydrogen (secondary N) is 1. The Morgan fingerprint density at radius 3 is 2.65 bits per heavy atom. The first-order valence-electron chi connectivity index (χ1n) is 8.78. The number of hydrogen-bond acceptors (Lipinski definition) is 3. The number of anilines is 1. The molecule has 1 aliphatic heterocycles. The van der Waals surface area contributed by atoms with Gasteiger partial charge in [0.05, 0.1) is 0 Å². The molecule has 122 valence electrons. The number of aryl methyl sites for hydroxylation is 1. The van der Waals surface area contributed by atoms with Crippen LogP contribution in [-0.2, 0) is 6.54 Å². The Balaban J connectivity index is 1.36. The zero-order valence-electron chi connectivity index (χ0n) is 14.1. The van der Waals surface area contributed by atoms with Crippen molar-refractivity contribution in [2.45, 2.75) is 57.8 Å². The Labute approximate surface area is 138 Å². The highest BCUT2D eigenvalue weighted by molar-refractivity contribution is 5.46. The molecule has 1 saturated heterocycles. The Hall–Kier alpha value is -1.81. The van der Waals surface area contributed by atoms with Gasteiger partial charge in [0.15, 0.2) is 0 Å². The smallest absolute Gasteiger partial charge is 0.105 e. The molecular weight excluding hydrogens is 284 g/mol. The molecule has 23 heavy (non-hydrogen) atoms. The highest BCUT2D eigenvalue weighted by Crippen LogP contribution is 2.34. The molecule has 1 aliphatic carbocycles. The normalized spacial score (nSPS) is 25.0. The first-order valence-corrected chi connectivity index (χ1v) is 8.78. The van der Waals surface area contributed by atoms with E-state index in [1.807, 2.05) is 19.3 Å². The molecule has 2 aliphatic rings. The molecule has 2 aromatic rings. The predicted octanol–water partition coefficient (Wildman–Crippen LogP) is 3.28. The summed E-state index contributed by atoms with van der Waals surface area (Å²) in [5.74, 6) is 1.06. The summed E-state index contributed by atoms with van der Waals surface area (Å²) in [4.78, 5) is 6.97. The van der Waals surface area contributed by atoms with Gasteiger partial charge in [-0.15, -0.1) is 0 Å². The van der Waals surface area contributed by atoms with Crippen molar-refractivity contribution < 1.29 is 0 Å². The van der Waals surface area contributed by atoms with Crippen molar-refractivity contribution >= 4 is 5.69 Å². The van der Waals surface area contributed by atoms with Gasteiger partial charge >= 0.3 is 0 Å². The molecule has 4 heteroatoms. The fraction of sp³-hybridized carbons (Fsp3) is 0.526. The van der Waals surface area contributed by atoms with Gasteiger partial charge in [0.25, 0.3) is 0 Å². The second kappa shape index (κ2) is 6.00. The van der Waals surface area contributed by atoms with Gasteiger partial charge in [-0.3, -0.25) is 4.90 Å². The average molecular weight is 310 g/mol. The minimum absolute atomic E-state index is 0.590. The largest absolute Gasteiger partial charge is 0.381 e. The molecule has 4 nitrogen and oxygen atoms in total. The van der Waals surface area contributed by atoms with Crippen molar-refractivity contribution in [3.8, 4) is 0 Å². The van der Waals surface area contributed by atoms with Crippen LogP contribution in [0.4, 0.5) is 5.69 Å². The van der Waals surface area contributed by atoms with Gasteiger partial charge < -0.3 is 9.88 Å². The van der Waals surface area contributed by atoms with Crippen LogP contribution in [0.1, 0.15) is 37.6 Å². The zero-order chi connectivity index (χ0) is 15.8. The van der Waals surface area contributed by atoms with Crippen LogP contribution in [0.5, 0.6) is 0 Å². The van der Waals surface area contributed by atoms with Crippen LogP contribution in [0, 0.1) is 6.92 Å². The predicted molar refractivity (Wildman–Crippen MR) is 93.7 cm³/mol. The van der Waals surface area contributed by atoms with E-state index < -0.39 is 0 Å². The summed E-state index contributed by atoms with van der Waals surface area (Å²) in [6.45, 7) is 6.50. The second-order valence-corrected chi connectivity index (χ2v) is 7.15. The molecule has 0 spiro atoms. The first kappa shape index (κ1) is 14.8. The van der Waals surface area contributed by atoms with Gasteiger partial charge in [-0.05, 0) is 50.8 Å². The van der Waals surface area contributed by atoms with Crippen LogP contribution in [0.3, 0.4) is 0 Å². The summed E-state index contributed by atoms with van der Waals surface area (Å²) in [6, 6.07) is 11.1. The van der Waals surface area contributed by atoms with Gasteiger partial charge in [0.2, 0.25) is 0 Å². The minimum atomic E-state index is 0.590. The average Bonchev–Trinajstić information content (AvgIpc) is 3.21. The fourth-order valence-electron chi connectivity index (χ4n) is 3.79. The van der Waals surface area contributed by atoms with Gasteiger partial charge in [-0.2, -0.15) is 0 Å². The molecule has 1 aromatic heterocycles. The molecule has 1 aromatic carbocycles. The lowest BCUT2D eigenvalue weighted by Crippen LogP contribution is -2.30. The van der Waals surface area contributed by atoms with Crippen molar-refractivity contribution in [1.82, 2.24) is 14.5 Å². The maximum absolute atomic E-state index is 4.28. The SMILES string of the molecule is Cc1nccn1Cc1ccc(N[C@H]2C[C@@H](C)N(C3CC3)C2)cc1. The summed E-state index contributed by atoms with van der Waals surface area (Å²) in [7, 11) is 0. The van der Waals surface area contributed by atoms with E-state index in [4.69, 9.17) is 0 Å². The van der Waals surface area contributed by atoms with Crippen LogP contribution in [0.15, 0.2) is 36.7 Å². The second-order valence-electron chi connectivity index (χ2n) is 7.15. The van der Waals surface area contributed by atoms with E-state index in [2.05, 4.69) is 51.0 Å². The van der Waals surface area contributed by atoms with E-state index in [1.165, 1.54) is 37.1 Å². The third kappa shape index (κ3) is 3.27. The molecule has 2 heterocycles. The zero-order valence-corrected chi connectivity index (χ0v) is 14.1. The Kier molecular flexibility index (Phi) is 3.85. The van der Waals surface area contributed by atoms with Crippen LogP contribution in [0.2, 0.25) is 0 Å². The van der Waals surface area contributed by atoms with E-state index in [-0.39, 0.29) is 0 Å².